The van der Waals surface area contributed by atoms with Gasteiger partial charge in [0.1, 0.15) is 41.7 Å². The minimum atomic E-state index is -1.76. The lowest BCUT2D eigenvalue weighted by molar-refractivity contribution is -0.277. The normalized spacial score (nSPS) is 27.7. The second-order valence-electron chi connectivity index (χ2n) is 11.4. The number of aliphatic hydroxyl groups excluding tert-OH is 4. The van der Waals surface area contributed by atoms with Crippen molar-refractivity contribution in [2.45, 2.75) is 62.3 Å². The van der Waals surface area contributed by atoms with E-state index in [0.29, 0.717) is 16.7 Å². The third-order valence-electron chi connectivity index (χ3n) is 8.72. The molecular formula is C32H30O12. The average molecular weight is 607 g/mol. The fourth-order valence-corrected chi connectivity index (χ4v) is 6.73. The highest BCUT2D eigenvalue weighted by atomic mass is 16.7. The molecule has 0 spiro atoms. The number of rotatable bonds is 5. The highest BCUT2D eigenvalue weighted by Crippen LogP contribution is 2.53. The first-order valence-corrected chi connectivity index (χ1v) is 14.0. The third kappa shape index (κ3) is 4.62. The molecule has 12 heteroatoms. The van der Waals surface area contributed by atoms with Crippen LogP contribution in [0.3, 0.4) is 0 Å². The van der Waals surface area contributed by atoms with Crippen LogP contribution in [0.4, 0.5) is 0 Å². The molecule has 7 N–H and O–H groups in total. The number of hydrogen-bond donors (Lipinski definition) is 7. The van der Waals surface area contributed by atoms with Crippen LogP contribution < -0.4 is 4.74 Å². The van der Waals surface area contributed by atoms with E-state index < -0.39 is 66.7 Å². The minimum Gasteiger partial charge on any atom is -0.507 e. The fourth-order valence-electron chi connectivity index (χ4n) is 6.73. The second kappa shape index (κ2) is 11.0. The number of aromatic hydroxyl groups is 2. The van der Waals surface area contributed by atoms with Crippen LogP contribution in [0.2, 0.25) is 0 Å². The number of ether oxygens (including phenoxy) is 2. The molecule has 0 saturated carbocycles. The van der Waals surface area contributed by atoms with Crippen LogP contribution in [-0.4, -0.2) is 90.6 Å². The summed E-state index contributed by atoms with van der Waals surface area (Å²) in [7, 11) is 0. The maximum absolute atomic E-state index is 14.1. The lowest BCUT2D eigenvalue weighted by Crippen LogP contribution is -2.60. The molecular weight excluding hydrogens is 576 g/mol. The van der Waals surface area contributed by atoms with Crippen LogP contribution in [0.5, 0.6) is 17.2 Å². The van der Waals surface area contributed by atoms with Crippen LogP contribution in [-0.2, 0) is 4.74 Å². The number of carboxylic acid groups (broad SMARTS) is 1. The number of carboxylic acids is 1. The van der Waals surface area contributed by atoms with E-state index in [2.05, 4.69) is 0 Å². The molecule has 4 unspecified atom stereocenters. The number of benzene rings is 3. The number of aryl methyl sites for hydroxylation is 1. The van der Waals surface area contributed by atoms with E-state index in [0.717, 1.165) is 6.07 Å². The molecule has 0 radical (unpaired) electrons. The van der Waals surface area contributed by atoms with Gasteiger partial charge in [0.15, 0.2) is 5.78 Å². The Kier molecular flexibility index (Phi) is 7.42. The molecule has 3 aromatic rings. The molecule has 230 valence electrons. The topological polar surface area (TPSA) is 211 Å². The maximum Gasteiger partial charge on any atom is 0.335 e. The molecule has 0 aromatic heterocycles. The van der Waals surface area contributed by atoms with Gasteiger partial charge in [0.2, 0.25) is 12.1 Å². The number of aromatic carboxylic acids is 1. The number of phenolic OH excluding ortho intramolecular Hbond substituents is 2. The summed E-state index contributed by atoms with van der Waals surface area (Å²) in [6, 6.07) is 10.1. The Balaban J connectivity index is 1.55. The first kappa shape index (κ1) is 29.7. The van der Waals surface area contributed by atoms with E-state index in [-0.39, 0.29) is 57.9 Å². The summed E-state index contributed by atoms with van der Waals surface area (Å²) in [5.74, 6) is -4.52. The lowest BCUT2D eigenvalue weighted by Gasteiger charge is -2.40. The number of hydrogen-bond acceptors (Lipinski definition) is 11. The van der Waals surface area contributed by atoms with Gasteiger partial charge in [-0.2, -0.15) is 0 Å². The van der Waals surface area contributed by atoms with Crippen LogP contribution in [0.15, 0.2) is 42.5 Å². The molecule has 44 heavy (non-hydrogen) atoms. The summed E-state index contributed by atoms with van der Waals surface area (Å²) in [5, 5.41) is 72.2. The zero-order chi connectivity index (χ0) is 31.6. The Labute approximate surface area is 250 Å². The second-order valence-corrected chi connectivity index (χ2v) is 11.4. The van der Waals surface area contributed by atoms with E-state index >= 15 is 0 Å². The lowest BCUT2D eigenvalue weighted by atomic mass is 9.65. The first-order valence-electron chi connectivity index (χ1n) is 14.0. The average Bonchev–Trinajstić information content (AvgIpc) is 2.97. The SMILES string of the molecule is Cc1cc(O)c2c(c1)C(C1c3cc(C(=O)O)cc(O)c3C(=O)c3c(O[C@@H]4OC(CO)[C@@H](O)[C@H](O)C4O)cccc31)CCC2=O. The Morgan fingerprint density at radius 2 is 1.64 bits per heavy atom. The zero-order valence-electron chi connectivity index (χ0n) is 23.4. The van der Waals surface area contributed by atoms with Crippen molar-refractivity contribution in [3.05, 3.63) is 87.0 Å². The first-order chi connectivity index (χ1) is 20.9. The molecule has 0 amide bonds. The van der Waals surface area contributed by atoms with E-state index in [4.69, 9.17) is 9.47 Å². The van der Waals surface area contributed by atoms with Crippen LogP contribution in [0.1, 0.15) is 83.6 Å². The molecule has 0 bridgehead atoms. The summed E-state index contributed by atoms with van der Waals surface area (Å²) in [5.41, 5.74) is 1.46. The third-order valence-corrected chi connectivity index (χ3v) is 8.72. The quantitative estimate of drug-likeness (QED) is 0.221. The van der Waals surface area contributed by atoms with Crippen molar-refractivity contribution >= 4 is 17.5 Å². The molecule has 7 atom stereocenters. The summed E-state index contributed by atoms with van der Waals surface area (Å²) in [4.78, 5) is 39.1. The largest absolute Gasteiger partial charge is 0.507 e. The molecule has 3 aromatic carbocycles. The van der Waals surface area contributed by atoms with Gasteiger partial charge in [0.05, 0.1) is 28.9 Å². The maximum atomic E-state index is 14.1. The van der Waals surface area contributed by atoms with Gasteiger partial charge in [0.25, 0.3) is 0 Å². The molecule has 1 heterocycles. The Morgan fingerprint density at radius 1 is 0.909 bits per heavy atom. The standard InChI is InChI=1S/C32H30O12/c1-12-7-16-14(5-6-18(34)24(16)19(35)8-12)23-15-3-2-4-21(43-32-30(40)29(39)27(37)22(11-33)44-32)26(15)28(38)25-17(23)9-13(31(41)42)10-20(25)36/h2-4,7-10,14,22-23,27,29-30,32-33,35-37,39-40H,5-6,11H2,1H3,(H,41,42)/t14?,22?,23?,27-,29+,30?,32-/m1/s1. The van der Waals surface area contributed by atoms with E-state index in [1.165, 1.54) is 18.2 Å². The summed E-state index contributed by atoms with van der Waals surface area (Å²) in [6.45, 7) is 1.06. The van der Waals surface area contributed by atoms with Gasteiger partial charge < -0.3 is 45.2 Å². The number of aliphatic hydroxyl groups is 4. The van der Waals surface area contributed by atoms with Crippen LogP contribution in [0, 0.1) is 6.92 Å². The molecule has 1 aliphatic heterocycles. The fraction of sp³-hybridized carbons (Fsp3) is 0.344. The number of fused-ring (bicyclic) bond motifs is 3. The van der Waals surface area contributed by atoms with Gasteiger partial charge in [0, 0.05) is 12.3 Å². The predicted molar refractivity (Wildman–Crippen MR) is 150 cm³/mol. The van der Waals surface area contributed by atoms with Gasteiger partial charge in [-0.1, -0.05) is 18.2 Å². The van der Waals surface area contributed by atoms with Gasteiger partial charge in [-0.25, -0.2) is 4.79 Å². The van der Waals surface area contributed by atoms with Gasteiger partial charge in [-0.3, -0.25) is 9.59 Å². The smallest absolute Gasteiger partial charge is 0.335 e. The molecule has 2 aliphatic carbocycles. The highest BCUT2D eigenvalue weighted by molar-refractivity contribution is 6.16. The molecule has 3 aliphatic rings. The van der Waals surface area contributed by atoms with Gasteiger partial charge in [-0.15, -0.1) is 0 Å². The summed E-state index contributed by atoms with van der Waals surface area (Å²) >= 11 is 0. The zero-order valence-corrected chi connectivity index (χ0v) is 23.4. The number of ketones is 2. The van der Waals surface area contributed by atoms with E-state index in [9.17, 15) is 50.1 Å². The molecule has 12 nitrogen and oxygen atoms in total. The van der Waals surface area contributed by atoms with E-state index in [1.807, 2.05) is 0 Å². The molecule has 1 fully saturated rings. The van der Waals surface area contributed by atoms with Crippen molar-refractivity contribution in [2.75, 3.05) is 6.61 Å². The van der Waals surface area contributed by atoms with Gasteiger partial charge in [-0.05, 0) is 65.8 Å². The van der Waals surface area contributed by atoms with Gasteiger partial charge >= 0.3 is 5.97 Å². The van der Waals surface area contributed by atoms with E-state index in [1.54, 1.807) is 25.1 Å². The molecule has 6 rings (SSSR count). The van der Waals surface area contributed by atoms with Crippen molar-refractivity contribution in [1.29, 1.82) is 0 Å². The molecule has 1 saturated heterocycles. The van der Waals surface area contributed by atoms with Crippen LogP contribution in [0.25, 0.3) is 0 Å². The Morgan fingerprint density at radius 3 is 2.34 bits per heavy atom. The van der Waals surface area contributed by atoms with Crippen molar-refractivity contribution in [2.24, 2.45) is 0 Å². The Hall–Kier alpha value is -4.33. The van der Waals surface area contributed by atoms with Crippen molar-refractivity contribution in [3.8, 4) is 17.2 Å². The summed E-state index contributed by atoms with van der Waals surface area (Å²) < 4.78 is 11.4. The monoisotopic (exact) mass is 606 g/mol. The highest BCUT2D eigenvalue weighted by Gasteiger charge is 2.47. The minimum absolute atomic E-state index is 0.0318. The predicted octanol–water partition coefficient (Wildman–Crippen LogP) is 1.72. The number of carbonyl (C=O) groups is 3. The number of Topliss-reactive ketones (excluding diaryl/α,β-unsaturated/α-hetero) is 1. The van der Waals surface area contributed by atoms with Crippen molar-refractivity contribution < 1.29 is 59.6 Å². The summed E-state index contributed by atoms with van der Waals surface area (Å²) in [6.07, 6.45) is -7.67. The van der Waals surface area contributed by atoms with Crippen LogP contribution >= 0.6 is 0 Å². The van der Waals surface area contributed by atoms with Crippen molar-refractivity contribution in [3.63, 3.8) is 0 Å². The van der Waals surface area contributed by atoms with Crippen molar-refractivity contribution in [1.82, 2.24) is 0 Å². The number of carbonyl (C=O) groups excluding carboxylic acids is 2. The Bertz CT molecular complexity index is 1690. The number of phenols is 2.